The van der Waals surface area contributed by atoms with Crippen molar-refractivity contribution in [3.63, 3.8) is 0 Å². The van der Waals surface area contributed by atoms with Crippen LogP contribution in [-0.2, 0) is 15.0 Å². The smallest absolute Gasteiger partial charge is 0.245 e. The minimum Gasteiger partial charge on any atom is -0.334 e. The quantitative estimate of drug-likeness (QED) is 0.420. The molecule has 176 valence electrons. The Morgan fingerprint density at radius 1 is 1.09 bits per heavy atom. The van der Waals surface area contributed by atoms with Crippen molar-refractivity contribution in [2.45, 2.75) is 78.6 Å². The van der Waals surface area contributed by atoms with Crippen LogP contribution in [0.25, 0.3) is 5.69 Å². The van der Waals surface area contributed by atoms with Crippen LogP contribution < -0.4 is 5.32 Å². The number of rotatable bonds is 11. The Bertz CT molecular complexity index is 902. The summed E-state index contributed by atoms with van der Waals surface area (Å²) in [6.45, 7) is 10.8. The summed E-state index contributed by atoms with van der Waals surface area (Å²) >= 11 is 6.39. The number of anilines is 1. The molecule has 0 fully saturated rings. The van der Waals surface area contributed by atoms with Gasteiger partial charge in [0.15, 0.2) is 0 Å². The molecular formula is C25H37ClN4O2. The average Bonchev–Trinajstić information content (AvgIpc) is 3.16. The fourth-order valence-corrected chi connectivity index (χ4v) is 3.63. The maximum absolute atomic E-state index is 12.8. The standard InChI is InChI=1S/C25H37ClN4O2/c1-6-8-9-10-11-16-24(32)29(7-2)18-23(31)27-22-17-21(25(3,4)5)28-30(22)20-15-13-12-14-19(20)26/h12-15,17H,6-11,16,18H2,1-5H3,(H,27,31). The van der Waals surface area contributed by atoms with E-state index in [0.29, 0.717) is 29.5 Å². The van der Waals surface area contributed by atoms with E-state index in [-0.39, 0.29) is 23.8 Å². The molecule has 7 heteroatoms. The zero-order chi connectivity index (χ0) is 23.7. The lowest BCUT2D eigenvalue weighted by molar-refractivity contribution is -0.134. The summed E-state index contributed by atoms with van der Waals surface area (Å²) in [5, 5.41) is 8.18. The number of unbranched alkanes of at least 4 members (excludes halogenated alkanes) is 4. The van der Waals surface area contributed by atoms with Crippen LogP contribution in [0.4, 0.5) is 5.82 Å². The number of nitrogens with zero attached hydrogens (tertiary/aromatic N) is 3. The highest BCUT2D eigenvalue weighted by Crippen LogP contribution is 2.29. The number of halogens is 1. The second kappa shape index (κ2) is 12.0. The summed E-state index contributed by atoms with van der Waals surface area (Å²) in [7, 11) is 0. The Morgan fingerprint density at radius 3 is 2.41 bits per heavy atom. The monoisotopic (exact) mass is 460 g/mol. The van der Waals surface area contributed by atoms with E-state index in [1.54, 1.807) is 15.6 Å². The van der Waals surface area contributed by atoms with Gasteiger partial charge in [-0.15, -0.1) is 0 Å². The van der Waals surface area contributed by atoms with Gasteiger partial charge in [0.2, 0.25) is 11.8 Å². The molecule has 1 N–H and O–H groups in total. The average molecular weight is 461 g/mol. The molecule has 2 amide bonds. The highest BCUT2D eigenvalue weighted by Gasteiger charge is 2.23. The number of hydrogen-bond acceptors (Lipinski definition) is 3. The first-order valence-corrected chi connectivity index (χ1v) is 12.0. The van der Waals surface area contributed by atoms with Gasteiger partial charge >= 0.3 is 0 Å². The van der Waals surface area contributed by atoms with E-state index in [4.69, 9.17) is 16.7 Å². The van der Waals surface area contributed by atoms with Crippen molar-refractivity contribution in [3.05, 3.63) is 41.0 Å². The van der Waals surface area contributed by atoms with Gasteiger partial charge in [0.05, 0.1) is 22.9 Å². The van der Waals surface area contributed by atoms with Crippen LogP contribution in [0, 0.1) is 0 Å². The van der Waals surface area contributed by atoms with E-state index in [2.05, 4.69) is 33.0 Å². The van der Waals surface area contributed by atoms with E-state index in [1.807, 2.05) is 31.2 Å². The second-order valence-corrected chi connectivity index (χ2v) is 9.56. The van der Waals surface area contributed by atoms with Crippen LogP contribution in [0.2, 0.25) is 5.02 Å². The number of benzene rings is 1. The Balaban J connectivity index is 2.12. The van der Waals surface area contributed by atoms with Crippen LogP contribution >= 0.6 is 11.6 Å². The molecule has 0 saturated heterocycles. The minimum absolute atomic E-state index is 0.0167. The highest BCUT2D eigenvalue weighted by molar-refractivity contribution is 6.32. The highest BCUT2D eigenvalue weighted by atomic mass is 35.5. The molecular weight excluding hydrogens is 424 g/mol. The molecule has 0 aliphatic rings. The Morgan fingerprint density at radius 2 is 1.78 bits per heavy atom. The number of nitrogens with one attached hydrogen (secondary N) is 1. The molecule has 0 aliphatic carbocycles. The SMILES string of the molecule is CCCCCCCC(=O)N(CC)CC(=O)Nc1cc(C(C)(C)C)nn1-c1ccccc1Cl. The van der Waals surface area contributed by atoms with Crippen molar-refractivity contribution in [1.82, 2.24) is 14.7 Å². The molecule has 0 saturated carbocycles. The van der Waals surface area contributed by atoms with Gasteiger partial charge in [-0.1, -0.05) is 77.1 Å². The number of carbonyl (C=O) groups excluding carboxylic acids is 2. The normalized spacial score (nSPS) is 11.4. The zero-order valence-corrected chi connectivity index (χ0v) is 20.8. The van der Waals surface area contributed by atoms with Gasteiger partial charge in [0.1, 0.15) is 5.82 Å². The van der Waals surface area contributed by atoms with Crippen LogP contribution in [0.5, 0.6) is 0 Å². The van der Waals surface area contributed by atoms with E-state index < -0.39 is 0 Å². The first kappa shape index (κ1) is 25.9. The van der Waals surface area contributed by atoms with E-state index in [0.717, 1.165) is 25.0 Å². The van der Waals surface area contributed by atoms with Gasteiger partial charge in [-0.05, 0) is 25.5 Å². The maximum atomic E-state index is 12.8. The topological polar surface area (TPSA) is 67.2 Å². The molecule has 2 rings (SSSR count). The fraction of sp³-hybridized carbons (Fsp3) is 0.560. The molecule has 0 radical (unpaired) electrons. The lowest BCUT2D eigenvalue weighted by Crippen LogP contribution is -2.38. The van der Waals surface area contributed by atoms with Crippen molar-refractivity contribution >= 4 is 29.2 Å². The van der Waals surface area contributed by atoms with Gasteiger partial charge < -0.3 is 10.2 Å². The van der Waals surface area contributed by atoms with Crippen LogP contribution in [-0.4, -0.2) is 39.6 Å². The first-order valence-electron chi connectivity index (χ1n) is 11.6. The van der Waals surface area contributed by atoms with Crippen LogP contribution in [0.1, 0.15) is 78.8 Å². The third-order valence-electron chi connectivity index (χ3n) is 5.39. The fourth-order valence-electron chi connectivity index (χ4n) is 3.41. The molecule has 2 aromatic rings. The predicted octanol–water partition coefficient (Wildman–Crippen LogP) is 5.97. The van der Waals surface area contributed by atoms with Gasteiger partial charge in [0.25, 0.3) is 0 Å². The van der Waals surface area contributed by atoms with E-state index in [9.17, 15) is 9.59 Å². The molecule has 1 aromatic carbocycles. The molecule has 1 heterocycles. The Kier molecular flexibility index (Phi) is 9.76. The molecule has 32 heavy (non-hydrogen) atoms. The number of likely N-dealkylation sites (N-methyl/N-ethyl adjacent to an activating group) is 1. The Labute approximate surface area is 197 Å². The number of carbonyl (C=O) groups is 2. The summed E-state index contributed by atoms with van der Waals surface area (Å²) < 4.78 is 1.66. The summed E-state index contributed by atoms with van der Waals surface area (Å²) in [5.41, 5.74) is 1.33. The molecule has 0 unspecified atom stereocenters. The summed E-state index contributed by atoms with van der Waals surface area (Å²) in [6.07, 6.45) is 5.93. The number of hydrogen-bond donors (Lipinski definition) is 1. The largest absolute Gasteiger partial charge is 0.334 e. The summed E-state index contributed by atoms with van der Waals surface area (Å²) in [4.78, 5) is 27.0. The molecule has 0 bridgehead atoms. The first-order chi connectivity index (χ1) is 15.2. The number of amides is 2. The van der Waals surface area contributed by atoms with Gasteiger partial charge in [-0.2, -0.15) is 5.10 Å². The number of aromatic nitrogens is 2. The van der Waals surface area contributed by atoms with Crippen molar-refractivity contribution in [3.8, 4) is 5.69 Å². The Hall–Kier alpha value is -2.34. The van der Waals surface area contributed by atoms with Gasteiger partial charge in [0, 0.05) is 24.4 Å². The predicted molar refractivity (Wildman–Crippen MR) is 132 cm³/mol. The summed E-state index contributed by atoms with van der Waals surface area (Å²) in [5.74, 6) is 0.310. The van der Waals surface area contributed by atoms with Crippen molar-refractivity contribution in [2.24, 2.45) is 0 Å². The lowest BCUT2D eigenvalue weighted by Gasteiger charge is -2.20. The minimum atomic E-state index is -0.250. The third-order valence-corrected chi connectivity index (χ3v) is 5.71. The van der Waals surface area contributed by atoms with Crippen LogP contribution in [0.3, 0.4) is 0 Å². The molecule has 0 spiro atoms. The van der Waals surface area contributed by atoms with E-state index >= 15 is 0 Å². The molecule has 0 aliphatic heterocycles. The van der Waals surface area contributed by atoms with Crippen molar-refractivity contribution in [2.75, 3.05) is 18.4 Å². The van der Waals surface area contributed by atoms with Crippen molar-refractivity contribution < 1.29 is 9.59 Å². The van der Waals surface area contributed by atoms with Crippen LogP contribution in [0.15, 0.2) is 30.3 Å². The molecule has 1 aromatic heterocycles. The maximum Gasteiger partial charge on any atom is 0.245 e. The third kappa shape index (κ3) is 7.37. The van der Waals surface area contributed by atoms with E-state index in [1.165, 1.54) is 12.8 Å². The summed E-state index contributed by atoms with van der Waals surface area (Å²) in [6, 6.07) is 9.25. The van der Waals surface area contributed by atoms with Crippen molar-refractivity contribution in [1.29, 1.82) is 0 Å². The van der Waals surface area contributed by atoms with Gasteiger partial charge in [-0.25, -0.2) is 4.68 Å². The lowest BCUT2D eigenvalue weighted by atomic mass is 9.92. The molecule has 0 atom stereocenters. The number of para-hydroxylation sites is 1. The zero-order valence-electron chi connectivity index (χ0n) is 20.1. The second-order valence-electron chi connectivity index (χ2n) is 9.15. The van der Waals surface area contributed by atoms with Gasteiger partial charge in [-0.3, -0.25) is 9.59 Å². The molecule has 6 nitrogen and oxygen atoms in total.